The summed E-state index contributed by atoms with van der Waals surface area (Å²) >= 11 is 1.33. The van der Waals surface area contributed by atoms with Crippen molar-refractivity contribution in [1.82, 2.24) is 10.2 Å². The Labute approximate surface area is 158 Å². The number of anilines is 1. The minimum absolute atomic E-state index is 0.131. The Hall–Kier alpha value is -3.27. The van der Waals surface area contributed by atoms with Gasteiger partial charge in [0.2, 0.25) is 5.91 Å². The third-order valence-corrected chi connectivity index (χ3v) is 5.46. The molecule has 2 aromatic rings. The maximum absolute atomic E-state index is 12.7. The van der Waals surface area contributed by atoms with Gasteiger partial charge in [-0.15, -0.1) is 11.3 Å². The lowest BCUT2D eigenvalue weighted by Crippen LogP contribution is -2.41. The highest BCUT2D eigenvalue weighted by Gasteiger charge is 2.50. The van der Waals surface area contributed by atoms with Crippen molar-refractivity contribution in [2.45, 2.75) is 19.4 Å². The average molecular weight is 388 g/mol. The number of carbonyl (C=O) groups excluding carboxylic acids is 3. The number of amides is 4. The van der Waals surface area contributed by atoms with Crippen LogP contribution in [0.25, 0.3) is 0 Å². The summed E-state index contributed by atoms with van der Waals surface area (Å²) in [6.07, 6.45) is 0. The molecule has 1 aromatic carbocycles. The van der Waals surface area contributed by atoms with Gasteiger partial charge in [-0.25, -0.2) is 4.79 Å². The van der Waals surface area contributed by atoms with Gasteiger partial charge in [0.1, 0.15) is 6.54 Å². The fourth-order valence-corrected chi connectivity index (χ4v) is 3.70. The molecule has 0 bridgehead atoms. The van der Waals surface area contributed by atoms with Crippen molar-refractivity contribution in [3.63, 3.8) is 0 Å². The molecular formula is C17H16N4O5S. The zero-order valence-electron chi connectivity index (χ0n) is 14.5. The molecule has 3 rings (SSSR count). The molecule has 9 nitrogen and oxygen atoms in total. The number of nitro groups is 1. The second-order valence-corrected chi connectivity index (χ2v) is 7.13. The van der Waals surface area contributed by atoms with E-state index in [1.54, 1.807) is 24.4 Å². The number of hydrogen-bond donors (Lipinski definition) is 2. The Morgan fingerprint density at radius 1 is 1.33 bits per heavy atom. The van der Waals surface area contributed by atoms with E-state index in [2.05, 4.69) is 10.6 Å². The highest BCUT2D eigenvalue weighted by Crippen LogP contribution is 2.32. The molecular weight excluding hydrogens is 372 g/mol. The Balaban J connectivity index is 1.75. The number of thiophene rings is 1. The third-order valence-electron chi connectivity index (χ3n) is 4.37. The van der Waals surface area contributed by atoms with Crippen LogP contribution < -0.4 is 10.6 Å². The molecule has 1 unspecified atom stereocenters. The van der Waals surface area contributed by atoms with E-state index < -0.39 is 34.9 Å². The van der Waals surface area contributed by atoms with Gasteiger partial charge < -0.3 is 10.6 Å². The van der Waals surface area contributed by atoms with Crippen molar-refractivity contribution in [2.75, 3.05) is 11.9 Å². The number of urea groups is 1. The fourth-order valence-electron chi connectivity index (χ4n) is 2.86. The van der Waals surface area contributed by atoms with E-state index in [9.17, 15) is 24.5 Å². The van der Waals surface area contributed by atoms with Gasteiger partial charge in [0.15, 0.2) is 5.54 Å². The summed E-state index contributed by atoms with van der Waals surface area (Å²) in [7, 11) is 0. The SMILES string of the molecule is Cc1c(NC(=O)CN2C(=O)NC(C)(c3cccs3)C2=O)cccc1[N+](=O)[O-]. The van der Waals surface area contributed by atoms with Gasteiger partial charge in [-0.3, -0.25) is 24.6 Å². The maximum atomic E-state index is 12.7. The molecule has 0 aliphatic carbocycles. The molecule has 0 saturated carbocycles. The lowest BCUT2D eigenvalue weighted by atomic mass is 10.0. The van der Waals surface area contributed by atoms with Crippen molar-refractivity contribution in [3.05, 3.63) is 56.3 Å². The van der Waals surface area contributed by atoms with Gasteiger partial charge in [0, 0.05) is 10.9 Å². The van der Waals surface area contributed by atoms with Crippen LogP contribution in [0.4, 0.5) is 16.2 Å². The number of imide groups is 1. The average Bonchev–Trinajstić information content (AvgIpc) is 3.21. The summed E-state index contributed by atoms with van der Waals surface area (Å²) < 4.78 is 0. The molecule has 10 heteroatoms. The molecule has 2 heterocycles. The van der Waals surface area contributed by atoms with E-state index in [0.717, 1.165) is 4.90 Å². The topological polar surface area (TPSA) is 122 Å². The Bertz CT molecular complexity index is 943. The highest BCUT2D eigenvalue weighted by molar-refractivity contribution is 7.10. The van der Waals surface area contributed by atoms with Crippen molar-refractivity contribution < 1.29 is 19.3 Å². The quantitative estimate of drug-likeness (QED) is 0.463. The van der Waals surface area contributed by atoms with Crippen LogP contribution in [0.2, 0.25) is 0 Å². The van der Waals surface area contributed by atoms with E-state index in [0.29, 0.717) is 4.88 Å². The molecule has 1 aliphatic heterocycles. The Morgan fingerprint density at radius 2 is 2.07 bits per heavy atom. The van der Waals surface area contributed by atoms with E-state index >= 15 is 0 Å². The smallest absolute Gasteiger partial charge is 0.324 e. The lowest BCUT2D eigenvalue weighted by molar-refractivity contribution is -0.385. The molecule has 1 atom stereocenters. The first kappa shape index (κ1) is 18.5. The molecule has 2 N–H and O–H groups in total. The maximum Gasteiger partial charge on any atom is 0.325 e. The molecule has 0 radical (unpaired) electrons. The molecule has 27 heavy (non-hydrogen) atoms. The first-order valence-corrected chi connectivity index (χ1v) is 8.84. The summed E-state index contributed by atoms with van der Waals surface area (Å²) in [6, 6.07) is 7.13. The van der Waals surface area contributed by atoms with Crippen LogP contribution >= 0.6 is 11.3 Å². The number of carbonyl (C=O) groups is 3. The number of rotatable bonds is 5. The summed E-state index contributed by atoms with van der Waals surface area (Å²) in [4.78, 5) is 49.2. The minimum atomic E-state index is -1.22. The zero-order valence-corrected chi connectivity index (χ0v) is 15.3. The van der Waals surface area contributed by atoms with Crippen molar-refractivity contribution in [3.8, 4) is 0 Å². The number of hydrogen-bond acceptors (Lipinski definition) is 6. The van der Waals surface area contributed by atoms with E-state index in [4.69, 9.17) is 0 Å². The molecule has 1 aromatic heterocycles. The molecule has 1 saturated heterocycles. The van der Waals surface area contributed by atoms with Crippen LogP contribution in [0.3, 0.4) is 0 Å². The predicted molar refractivity (Wildman–Crippen MR) is 98.4 cm³/mol. The van der Waals surface area contributed by atoms with Gasteiger partial charge >= 0.3 is 6.03 Å². The second-order valence-electron chi connectivity index (χ2n) is 6.18. The number of nitro benzene ring substituents is 1. The van der Waals surface area contributed by atoms with Crippen molar-refractivity contribution in [1.29, 1.82) is 0 Å². The van der Waals surface area contributed by atoms with Gasteiger partial charge in [0.05, 0.1) is 16.2 Å². The second kappa shape index (κ2) is 6.80. The summed E-state index contributed by atoms with van der Waals surface area (Å²) in [5.74, 6) is -1.15. The van der Waals surface area contributed by atoms with Crippen LogP contribution in [0.1, 0.15) is 17.4 Å². The van der Waals surface area contributed by atoms with Crippen LogP contribution in [-0.2, 0) is 15.1 Å². The summed E-state index contributed by atoms with van der Waals surface area (Å²) in [5, 5.41) is 17.9. The number of nitrogens with zero attached hydrogens (tertiary/aromatic N) is 2. The van der Waals surface area contributed by atoms with Crippen LogP contribution in [0.15, 0.2) is 35.7 Å². The van der Waals surface area contributed by atoms with Gasteiger partial charge in [-0.2, -0.15) is 0 Å². The monoisotopic (exact) mass is 388 g/mol. The number of benzene rings is 1. The molecule has 1 aliphatic rings. The Kier molecular flexibility index (Phi) is 4.66. The molecule has 1 fully saturated rings. The van der Waals surface area contributed by atoms with Gasteiger partial charge in [-0.1, -0.05) is 12.1 Å². The van der Waals surface area contributed by atoms with E-state index in [-0.39, 0.29) is 16.9 Å². The molecule has 0 spiro atoms. The summed E-state index contributed by atoms with van der Waals surface area (Å²) in [6.45, 7) is 2.60. The largest absolute Gasteiger partial charge is 0.325 e. The standard InChI is InChI=1S/C17H16N4O5S/c1-10-11(5-3-6-12(10)21(25)26)18-14(22)9-20-15(23)17(2,19-16(20)24)13-7-4-8-27-13/h3-8H,9H2,1-2H3,(H,18,22)(H,19,24). The van der Waals surface area contributed by atoms with Crippen molar-refractivity contribution >= 4 is 40.6 Å². The van der Waals surface area contributed by atoms with Crippen LogP contribution in [-0.4, -0.2) is 34.2 Å². The van der Waals surface area contributed by atoms with Crippen LogP contribution in [0.5, 0.6) is 0 Å². The first-order chi connectivity index (χ1) is 12.7. The Morgan fingerprint density at radius 3 is 2.70 bits per heavy atom. The van der Waals surface area contributed by atoms with Gasteiger partial charge in [0.25, 0.3) is 11.6 Å². The first-order valence-electron chi connectivity index (χ1n) is 7.96. The van der Waals surface area contributed by atoms with Crippen LogP contribution in [0, 0.1) is 17.0 Å². The lowest BCUT2D eigenvalue weighted by Gasteiger charge is -2.20. The normalized spacial score (nSPS) is 19.1. The fraction of sp³-hybridized carbons (Fsp3) is 0.235. The molecule has 140 valence electrons. The predicted octanol–water partition coefficient (Wildman–Crippen LogP) is 2.37. The van der Waals surface area contributed by atoms with E-state index in [1.807, 2.05) is 0 Å². The van der Waals surface area contributed by atoms with E-state index in [1.165, 1.54) is 36.5 Å². The zero-order chi connectivity index (χ0) is 19.8. The van der Waals surface area contributed by atoms with Crippen molar-refractivity contribution in [2.24, 2.45) is 0 Å². The van der Waals surface area contributed by atoms with Gasteiger partial charge in [-0.05, 0) is 31.4 Å². The third kappa shape index (κ3) is 3.26. The molecule has 4 amide bonds. The highest BCUT2D eigenvalue weighted by atomic mass is 32.1. The number of nitrogens with one attached hydrogen (secondary N) is 2. The minimum Gasteiger partial charge on any atom is -0.324 e. The summed E-state index contributed by atoms with van der Waals surface area (Å²) in [5.41, 5.74) is -0.806.